The first-order valence-corrected chi connectivity index (χ1v) is 14.5. The number of hydrogen-bond donors (Lipinski definition) is 0. The highest BCUT2D eigenvalue weighted by atomic mass is 127. The molecule has 0 fully saturated rings. The Morgan fingerprint density at radius 1 is 0.516 bits per heavy atom. The molecule has 0 heterocycles. The molecule has 0 radical (unpaired) electrons. The fourth-order valence-electron chi connectivity index (χ4n) is 4.04. The van der Waals surface area contributed by atoms with E-state index in [-0.39, 0.29) is 2.90 Å². The summed E-state index contributed by atoms with van der Waals surface area (Å²) in [6.45, 7) is 2.33. The molecule has 0 aliphatic heterocycles. The van der Waals surface area contributed by atoms with Crippen molar-refractivity contribution in [1.82, 2.24) is 0 Å². The molecule has 4 rings (SSSR count). The van der Waals surface area contributed by atoms with Gasteiger partial charge in [0, 0.05) is 0 Å². The fourth-order valence-corrected chi connectivity index (χ4v) is 15.1. The van der Waals surface area contributed by atoms with Gasteiger partial charge in [-0.15, -0.1) is 0 Å². The maximum absolute atomic E-state index is 2.87. The average molecular weight is 552 g/mol. The fraction of sp³-hybridized carbons (Fsp3) is 0.143. The molecule has 4 aromatic rings. The largest absolute Gasteiger partial charge is 0.0776 e. The van der Waals surface area contributed by atoms with Crippen molar-refractivity contribution < 1.29 is 0 Å². The minimum Gasteiger partial charge on any atom is -0.0672 e. The minimum absolute atomic E-state index is 0.0998. The van der Waals surface area contributed by atoms with Gasteiger partial charge >= 0.3 is 0 Å². The lowest BCUT2D eigenvalue weighted by molar-refractivity contribution is 0.850. The molecule has 0 saturated carbocycles. The van der Waals surface area contributed by atoms with E-state index in [0.29, 0.717) is 0 Å². The normalized spacial score (nSPS) is 11.7. The van der Waals surface area contributed by atoms with Crippen molar-refractivity contribution in [3.8, 4) is 0 Å². The van der Waals surface area contributed by atoms with Crippen LogP contribution in [0.25, 0.3) is 0 Å². The SMILES string of the molecule is CCCC(I)(P(c1ccccc1)c1ccccc1)P(c1ccccc1)c1ccccc1. The van der Waals surface area contributed by atoms with E-state index < -0.39 is 15.8 Å². The predicted molar refractivity (Wildman–Crippen MR) is 150 cm³/mol. The molecule has 0 amide bonds. The third kappa shape index (κ3) is 5.11. The molecule has 0 aromatic heterocycles. The summed E-state index contributed by atoms with van der Waals surface area (Å²) in [5.41, 5.74) is 0. The standard InChI is InChI=1S/C28H27IP2/c1-2-23-28(29,30(24-15-7-3-8-16-24)25-17-9-4-10-18-25)31(26-19-11-5-12-20-26)27-21-13-6-14-22-27/h3-22H,2,23H2,1H3. The molecule has 0 aliphatic rings. The molecule has 0 aliphatic carbocycles. The summed E-state index contributed by atoms with van der Waals surface area (Å²) >= 11 is 2.87. The summed E-state index contributed by atoms with van der Waals surface area (Å²) in [4.78, 5) is 0. The summed E-state index contributed by atoms with van der Waals surface area (Å²) in [7, 11) is -1.15. The molecule has 0 unspecified atom stereocenters. The Morgan fingerprint density at radius 2 is 0.774 bits per heavy atom. The van der Waals surface area contributed by atoms with Crippen LogP contribution in [0.15, 0.2) is 121 Å². The third-order valence-electron chi connectivity index (χ3n) is 5.31. The van der Waals surface area contributed by atoms with Gasteiger partial charge < -0.3 is 0 Å². The van der Waals surface area contributed by atoms with Gasteiger partial charge in [-0.1, -0.05) is 157 Å². The van der Waals surface area contributed by atoms with Crippen LogP contribution >= 0.6 is 38.4 Å². The molecular formula is C28H27IP2. The number of benzene rings is 4. The van der Waals surface area contributed by atoms with Crippen LogP contribution in [-0.2, 0) is 0 Å². The van der Waals surface area contributed by atoms with Crippen molar-refractivity contribution in [1.29, 1.82) is 0 Å². The van der Waals surface area contributed by atoms with Gasteiger partial charge in [0.1, 0.15) is 0 Å². The summed E-state index contributed by atoms with van der Waals surface area (Å²) in [5.74, 6) is 0. The minimum atomic E-state index is -0.573. The lowest BCUT2D eigenvalue weighted by Gasteiger charge is -2.44. The monoisotopic (exact) mass is 552 g/mol. The molecule has 0 nitrogen and oxygen atoms in total. The van der Waals surface area contributed by atoms with E-state index in [4.69, 9.17) is 0 Å². The van der Waals surface area contributed by atoms with Crippen molar-refractivity contribution in [2.45, 2.75) is 22.7 Å². The Balaban J connectivity index is 1.97. The van der Waals surface area contributed by atoms with Crippen molar-refractivity contribution in [3.05, 3.63) is 121 Å². The Morgan fingerprint density at radius 3 is 1.00 bits per heavy atom. The molecule has 0 spiro atoms. The van der Waals surface area contributed by atoms with E-state index in [9.17, 15) is 0 Å². The molecule has 0 atom stereocenters. The van der Waals surface area contributed by atoms with Crippen LogP contribution < -0.4 is 21.2 Å². The topological polar surface area (TPSA) is 0 Å². The molecule has 156 valence electrons. The van der Waals surface area contributed by atoms with Crippen LogP contribution in [0.3, 0.4) is 0 Å². The average Bonchev–Trinajstić information content (AvgIpc) is 2.82. The zero-order chi connectivity index (χ0) is 21.5. The quantitative estimate of drug-likeness (QED) is 0.124. The number of halogens is 1. The number of alkyl halides is 1. The highest BCUT2D eigenvalue weighted by Gasteiger charge is 2.45. The van der Waals surface area contributed by atoms with Crippen LogP contribution in [-0.4, -0.2) is 2.90 Å². The van der Waals surface area contributed by atoms with Crippen molar-refractivity contribution in [3.63, 3.8) is 0 Å². The summed E-state index contributed by atoms with van der Waals surface area (Å²) in [6.07, 6.45) is 2.35. The molecule has 0 saturated heterocycles. The van der Waals surface area contributed by atoms with Gasteiger partial charge in [0.25, 0.3) is 0 Å². The highest BCUT2D eigenvalue weighted by Crippen LogP contribution is 2.70. The zero-order valence-electron chi connectivity index (χ0n) is 17.7. The van der Waals surface area contributed by atoms with E-state index in [1.165, 1.54) is 34.1 Å². The lowest BCUT2D eigenvalue weighted by Crippen LogP contribution is -2.34. The second kappa shape index (κ2) is 10.9. The smallest absolute Gasteiger partial charge is 0.0672 e. The highest BCUT2D eigenvalue weighted by molar-refractivity contribution is 14.1. The first kappa shape index (κ1) is 22.7. The predicted octanol–water partition coefficient (Wildman–Crippen LogP) is 7.14. The molecule has 4 aromatic carbocycles. The van der Waals surface area contributed by atoms with Gasteiger partial charge in [0.2, 0.25) is 0 Å². The summed E-state index contributed by atoms with van der Waals surface area (Å²) < 4.78 is 0.0998. The Kier molecular flexibility index (Phi) is 7.94. The zero-order valence-corrected chi connectivity index (χ0v) is 21.7. The van der Waals surface area contributed by atoms with E-state index in [1.54, 1.807) is 0 Å². The van der Waals surface area contributed by atoms with E-state index in [2.05, 4.69) is 151 Å². The molecular weight excluding hydrogens is 525 g/mol. The van der Waals surface area contributed by atoms with Gasteiger partial charge in [-0.05, 0) is 43.5 Å². The third-order valence-corrected chi connectivity index (χ3v) is 15.0. The van der Waals surface area contributed by atoms with Crippen LogP contribution in [0, 0.1) is 0 Å². The van der Waals surface area contributed by atoms with Gasteiger partial charge in [-0.2, -0.15) is 0 Å². The lowest BCUT2D eigenvalue weighted by atomic mass is 10.4. The first-order chi connectivity index (χ1) is 15.2. The van der Waals surface area contributed by atoms with Gasteiger partial charge in [0.05, 0.1) is 2.90 Å². The van der Waals surface area contributed by atoms with Gasteiger partial charge in [-0.25, -0.2) is 0 Å². The molecule has 31 heavy (non-hydrogen) atoms. The summed E-state index contributed by atoms with van der Waals surface area (Å²) in [5, 5.41) is 5.86. The Labute approximate surface area is 202 Å². The van der Waals surface area contributed by atoms with Crippen LogP contribution in [0.4, 0.5) is 0 Å². The van der Waals surface area contributed by atoms with Crippen LogP contribution in [0.5, 0.6) is 0 Å². The summed E-state index contributed by atoms with van der Waals surface area (Å²) in [6, 6.07) is 44.8. The number of hydrogen-bond acceptors (Lipinski definition) is 0. The Bertz CT molecular complexity index is 891. The van der Waals surface area contributed by atoms with Crippen LogP contribution in [0.2, 0.25) is 0 Å². The van der Waals surface area contributed by atoms with Crippen LogP contribution in [0.1, 0.15) is 19.8 Å². The van der Waals surface area contributed by atoms with Crippen molar-refractivity contribution >= 4 is 59.7 Å². The van der Waals surface area contributed by atoms with Crippen molar-refractivity contribution in [2.24, 2.45) is 0 Å². The molecule has 0 N–H and O–H groups in total. The van der Waals surface area contributed by atoms with E-state index >= 15 is 0 Å². The number of rotatable bonds is 8. The van der Waals surface area contributed by atoms with E-state index in [1.807, 2.05) is 0 Å². The Hall–Kier alpha value is -1.53. The second-order valence-electron chi connectivity index (χ2n) is 7.48. The second-order valence-corrected chi connectivity index (χ2v) is 16.3. The van der Waals surface area contributed by atoms with Gasteiger partial charge in [-0.3, -0.25) is 0 Å². The van der Waals surface area contributed by atoms with Gasteiger partial charge in [0.15, 0.2) is 0 Å². The maximum Gasteiger partial charge on any atom is 0.0776 e. The molecule has 3 heteroatoms. The molecule has 0 bridgehead atoms. The first-order valence-electron chi connectivity index (χ1n) is 10.7. The van der Waals surface area contributed by atoms with Crippen molar-refractivity contribution in [2.75, 3.05) is 0 Å². The maximum atomic E-state index is 2.87. The van der Waals surface area contributed by atoms with E-state index in [0.717, 1.165) is 0 Å².